The second kappa shape index (κ2) is 6.09. The van der Waals surface area contributed by atoms with Crippen molar-refractivity contribution in [2.75, 3.05) is 18.2 Å². The van der Waals surface area contributed by atoms with Gasteiger partial charge in [0.25, 0.3) is 0 Å². The van der Waals surface area contributed by atoms with Crippen molar-refractivity contribution in [2.45, 2.75) is 25.8 Å². The zero-order valence-corrected chi connectivity index (χ0v) is 11.6. The van der Waals surface area contributed by atoms with Crippen molar-refractivity contribution in [2.24, 2.45) is 0 Å². The molecule has 19 heavy (non-hydrogen) atoms. The minimum Gasteiger partial charge on any atom is -0.495 e. The minimum atomic E-state index is -4.67. The van der Waals surface area contributed by atoms with E-state index >= 15 is 0 Å². The van der Waals surface area contributed by atoms with E-state index in [1.807, 2.05) is 12.1 Å². The normalized spacial score (nSPS) is 17.6. The maximum atomic E-state index is 8.74. The quantitative estimate of drug-likeness (QED) is 0.455. The highest BCUT2D eigenvalue weighted by Gasteiger charge is 2.18. The van der Waals surface area contributed by atoms with Crippen LogP contribution in [-0.4, -0.2) is 30.7 Å². The molecule has 0 radical (unpaired) electrons. The van der Waals surface area contributed by atoms with Crippen molar-refractivity contribution in [3.05, 3.63) is 17.7 Å². The molecule has 7 nitrogen and oxygen atoms in total. The number of ether oxygens (including phenoxy) is 1. The standard InChI is InChI=1S/C11H16N2O.H2O4S/c1-7-3-4-8-5-9(12)6-10(14-2)11(8)13-7;1-5(2,3)4/h5-7,13H,3-4,12H2,1-2H3;(H2,1,2,3,4). The van der Waals surface area contributed by atoms with Gasteiger partial charge in [-0.15, -0.1) is 0 Å². The Hall–Kier alpha value is -1.51. The van der Waals surface area contributed by atoms with E-state index in [4.69, 9.17) is 28.0 Å². The van der Waals surface area contributed by atoms with Gasteiger partial charge in [-0.2, -0.15) is 8.42 Å². The first-order valence-electron chi connectivity index (χ1n) is 5.63. The zero-order chi connectivity index (χ0) is 14.6. The largest absolute Gasteiger partial charge is 0.495 e. The monoisotopic (exact) mass is 290 g/mol. The van der Waals surface area contributed by atoms with Gasteiger partial charge in [0.05, 0.1) is 12.8 Å². The van der Waals surface area contributed by atoms with Crippen LogP contribution in [0.4, 0.5) is 11.4 Å². The average molecular weight is 290 g/mol. The molecule has 1 aromatic rings. The number of anilines is 2. The molecule has 1 unspecified atom stereocenters. The molecule has 1 aliphatic rings. The fourth-order valence-corrected chi connectivity index (χ4v) is 1.91. The Labute approximate surface area is 112 Å². The van der Waals surface area contributed by atoms with Crippen LogP contribution in [-0.2, 0) is 16.8 Å². The summed E-state index contributed by atoms with van der Waals surface area (Å²) in [6, 6.07) is 4.40. The Morgan fingerprint density at radius 1 is 1.42 bits per heavy atom. The summed E-state index contributed by atoms with van der Waals surface area (Å²) in [5.41, 5.74) is 8.94. The van der Waals surface area contributed by atoms with Gasteiger partial charge in [-0.05, 0) is 31.4 Å². The number of nitrogen functional groups attached to an aromatic ring is 1. The van der Waals surface area contributed by atoms with E-state index in [0.29, 0.717) is 6.04 Å². The van der Waals surface area contributed by atoms with E-state index in [2.05, 4.69) is 12.2 Å². The van der Waals surface area contributed by atoms with Gasteiger partial charge in [0, 0.05) is 17.8 Å². The number of hydrogen-bond acceptors (Lipinski definition) is 5. The molecule has 108 valence electrons. The highest BCUT2D eigenvalue weighted by Crippen LogP contribution is 2.35. The lowest BCUT2D eigenvalue weighted by molar-refractivity contribution is 0.381. The minimum absolute atomic E-state index is 0.514. The fourth-order valence-electron chi connectivity index (χ4n) is 1.91. The number of nitrogens with one attached hydrogen (secondary N) is 1. The third kappa shape index (κ3) is 5.33. The van der Waals surface area contributed by atoms with Crippen LogP contribution in [0.5, 0.6) is 5.75 Å². The molecule has 0 fully saturated rings. The molecule has 0 spiro atoms. The average Bonchev–Trinajstić information content (AvgIpc) is 2.26. The van der Waals surface area contributed by atoms with Gasteiger partial charge < -0.3 is 15.8 Å². The Balaban J connectivity index is 0.000000312. The molecule has 1 aromatic carbocycles. The van der Waals surface area contributed by atoms with Crippen molar-refractivity contribution in [1.82, 2.24) is 0 Å². The van der Waals surface area contributed by atoms with Crippen LogP contribution in [0.2, 0.25) is 0 Å². The Bertz CT molecular complexity index is 519. The molecule has 8 heteroatoms. The molecule has 1 atom stereocenters. The second-order valence-corrected chi connectivity index (χ2v) is 5.18. The summed E-state index contributed by atoms with van der Waals surface area (Å²) in [4.78, 5) is 0. The van der Waals surface area contributed by atoms with Crippen molar-refractivity contribution >= 4 is 21.8 Å². The first-order valence-corrected chi connectivity index (χ1v) is 7.03. The molecule has 0 saturated heterocycles. The number of methoxy groups -OCH3 is 1. The van der Waals surface area contributed by atoms with E-state index in [9.17, 15) is 0 Å². The maximum Gasteiger partial charge on any atom is 0.394 e. The molecule has 2 rings (SSSR count). The van der Waals surface area contributed by atoms with E-state index < -0.39 is 10.4 Å². The summed E-state index contributed by atoms with van der Waals surface area (Å²) in [7, 11) is -2.99. The van der Waals surface area contributed by atoms with Crippen LogP contribution < -0.4 is 15.8 Å². The van der Waals surface area contributed by atoms with Crippen LogP contribution in [0.25, 0.3) is 0 Å². The van der Waals surface area contributed by atoms with Crippen molar-refractivity contribution in [3.8, 4) is 5.75 Å². The van der Waals surface area contributed by atoms with Gasteiger partial charge in [0.2, 0.25) is 0 Å². The summed E-state index contributed by atoms with van der Waals surface area (Å²) in [5.74, 6) is 0.853. The predicted molar refractivity (Wildman–Crippen MR) is 73.0 cm³/mol. The fraction of sp³-hybridized carbons (Fsp3) is 0.455. The van der Waals surface area contributed by atoms with E-state index in [1.165, 1.54) is 5.56 Å². The Morgan fingerprint density at radius 2 is 2.00 bits per heavy atom. The Kier molecular flexibility index (Phi) is 4.98. The molecule has 0 bridgehead atoms. The predicted octanol–water partition coefficient (Wildman–Crippen LogP) is 1.37. The molecule has 0 aliphatic carbocycles. The van der Waals surface area contributed by atoms with Crippen LogP contribution in [0.15, 0.2) is 12.1 Å². The van der Waals surface area contributed by atoms with Crippen LogP contribution in [0, 0.1) is 0 Å². The third-order valence-corrected chi connectivity index (χ3v) is 2.66. The van der Waals surface area contributed by atoms with Crippen LogP contribution >= 0.6 is 0 Å². The molecule has 1 aliphatic heterocycles. The maximum absolute atomic E-state index is 8.74. The molecule has 1 heterocycles. The van der Waals surface area contributed by atoms with Gasteiger partial charge in [0.15, 0.2) is 0 Å². The lowest BCUT2D eigenvalue weighted by Crippen LogP contribution is -2.22. The molecule has 5 N–H and O–H groups in total. The van der Waals surface area contributed by atoms with Crippen molar-refractivity contribution < 1.29 is 22.3 Å². The van der Waals surface area contributed by atoms with Gasteiger partial charge in [-0.3, -0.25) is 9.11 Å². The van der Waals surface area contributed by atoms with E-state index in [1.54, 1.807) is 7.11 Å². The van der Waals surface area contributed by atoms with Crippen LogP contribution in [0.1, 0.15) is 18.9 Å². The van der Waals surface area contributed by atoms with Crippen molar-refractivity contribution in [1.29, 1.82) is 0 Å². The summed E-state index contributed by atoms with van der Waals surface area (Å²) in [5, 5.41) is 3.43. The van der Waals surface area contributed by atoms with Gasteiger partial charge >= 0.3 is 10.4 Å². The van der Waals surface area contributed by atoms with Gasteiger partial charge in [0.1, 0.15) is 5.75 Å². The number of aryl methyl sites for hydroxylation is 1. The summed E-state index contributed by atoms with van der Waals surface area (Å²) in [6.07, 6.45) is 2.23. The second-order valence-electron chi connectivity index (χ2n) is 4.29. The SMILES string of the molecule is COc1cc(N)cc2c1NC(C)CC2.O=S(=O)(O)O. The lowest BCUT2D eigenvalue weighted by Gasteiger charge is -2.26. The number of nitrogens with two attached hydrogens (primary N) is 1. The highest BCUT2D eigenvalue weighted by atomic mass is 32.3. The van der Waals surface area contributed by atoms with E-state index in [-0.39, 0.29) is 0 Å². The topological polar surface area (TPSA) is 122 Å². The summed E-state index contributed by atoms with van der Waals surface area (Å²) in [6.45, 7) is 2.18. The number of hydrogen-bond donors (Lipinski definition) is 4. The molecule has 0 aromatic heterocycles. The molecule has 0 amide bonds. The zero-order valence-electron chi connectivity index (χ0n) is 10.8. The smallest absolute Gasteiger partial charge is 0.394 e. The lowest BCUT2D eigenvalue weighted by atomic mass is 9.98. The molecular formula is C11H18N2O5S. The van der Waals surface area contributed by atoms with Crippen LogP contribution in [0.3, 0.4) is 0 Å². The van der Waals surface area contributed by atoms with E-state index in [0.717, 1.165) is 30.0 Å². The van der Waals surface area contributed by atoms with Crippen molar-refractivity contribution in [3.63, 3.8) is 0 Å². The third-order valence-electron chi connectivity index (χ3n) is 2.66. The summed E-state index contributed by atoms with van der Waals surface area (Å²) >= 11 is 0. The summed E-state index contributed by atoms with van der Waals surface area (Å²) < 4.78 is 36.9. The van der Waals surface area contributed by atoms with Gasteiger partial charge in [-0.25, -0.2) is 0 Å². The van der Waals surface area contributed by atoms with Gasteiger partial charge in [-0.1, -0.05) is 0 Å². The highest BCUT2D eigenvalue weighted by molar-refractivity contribution is 7.79. The number of fused-ring (bicyclic) bond motifs is 1. The number of benzene rings is 1. The molecular weight excluding hydrogens is 272 g/mol. The first kappa shape index (κ1) is 15.5. The number of rotatable bonds is 1. The first-order chi connectivity index (χ1) is 8.70. The molecule has 0 saturated carbocycles. The Morgan fingerprint density at radius 3 is 2.53 bits per heavy atom.